The van der Waals surface area contributed by atoms with Crippen LogP contribution in [-0.4, -0.2) is 67.7 Å². The van der Waals surface area contributed by atoms with E-state index in [1.807, 2.05) is 24.1 Å². The lowest BCUT2D eigenvalue weighted by Gasteiger charge is -2.36. The summed E-state index contributed by atoms with van der Waals surface area (Å²) in [5.41, 5.74) is 1.61. The molecule has 0 aliphatic carbocycles. The van der Waals surface area contributed by atoms with E-state index in [9.17, 15) is 4.79 Å². The predicted octanol–water partition coefficient (Wildman–Crippen LogP) is 2.68. The number of aromatic nitrogens is 2. The van der Waals surface area contributed by atoms with Gasteiger partial charge in [0.25, 0.3) is 5.91 Å². The van der Waals surface area contributed by atoms with Gasteiger partial charge >= 0.3 is 0 Å². The Morgan fingerprint density at radius 2 is 1.86 bits per heavy atom. The molecule has 1 aromatic carbocycles. The van der Waals surface area contributed by atoms with Gasteiger partial charge in [-0.1, -0.05) is 13.3 Å². The summed E-state index contributed by atoms with van der Waals surface area (Å²) in [6.45, 7) is 6.03. The van der Waals surface area contributed by atoms with Crippen LogP contribution < -0.4 is 14.5 Å². The average molecular weight is 383 g/mol. The van der Waals surface area contributed by atoms with Gasteiger partial charge < -0.3 is 19.4 Å². The first-order valence-corrected chi connectivity index (χ1v) is 9.84. The van der Waals surface area contributed by atoms with Crippen molar-refractivity contribution in [3.63, 3.8) is 0 Å². The van der Waals surface area contributed by atoms with Gasteiger partial charge in [-0.15, -0.1) is 0 Å². The number of rotatable bonds is 7. The van der Waals surface area contributed by atoms with E-state index in [0.29, 0.717) is 18.8 Å². The van der Waals surface area contributed by atoms with Crippen LogP contribution in [0.4, 0.5) is 11.5 Å². The number of piperazine rings is 1. The number of anilines is 2. The smallest absolute Gasteiger partial charge is 0.272 e. The van der Waals surface area contributed by atoms with Gasteiger partial charge in [-0.05, 0) is 30.7 Å². The lowest BCUT2D eigenvalue weighted by Crippen LogP contribution is -2.49. The number of carbonyl (C=O) groups excluding carboxylic acids is 1. The molecule has 28 heavy (non-hydrogen) atoms. The van der Waals surface area contributed by atoms with Crippen molar-refractivity contribution < 1.29 is 9.53 Å². The number of benzene rings is 1. The number of hydrogen-bond donors (Lipinski definition) is 0. The van der Waals surface area contributed by atoms with Crippen molar-refractivity contribution in [3.05, 3.63) is 42.4 Å². The SMILES string of the molecule is CCCCN(C)c1cc(C(=O)N2CCN(c3ccc(OC)cc3)CC2)ncn1. The molecule has 0 bridgehead atoms. The molecule has 0 saturated carbocycles. The normalized spacial score (nSPS) is 14.1. The molecular weight excluding hydrogens is 354 g/mol. The Kier molecular flexibility index (Phi) is 6.68. The molecule has 3 rings (SSSR count). The molecule has 0 spiro atoms. The largest absolute Gasteiger partial charge is 0.497 e. The topological polar surface area (TPSA) is 61.8 Å². The Labute approximate surface area is 166 Å². The molecule has 1 saturated heterocycles. The highest BCUT2D eigenvalue weighted by Gasteiger charge is 2.23. The van der Waals surface area contributed by atoms with Crippen LogP contribution in [0.25, 0.3) is 0 Å². The van der Waals surface area contributed by atoms with Gasteiger partial charge in [0.2, 0.25) is 0 Å². The maximum atomic E-state index is 12.9. The molecule has 150 valence electrons. The van der Waals surface area contributed by atoms with Crippen LogP contribution in [-0.2, 0) is 0 Å². The summed E-state index contributed by atoms with van der Waals surface area (Å²) < 4.78 is 5.22. The van der Waals surface area contributed by atoms with Crippen molar-refractivity contribution >= 4 is 17.4 Å². The second-order valence-corrected chi connectivity index (χ2v) is 7.01. The molecule has 2 aromatic rings. The van der Waals surface area contributed by atoms with Crippen molar-refractivity contribution in [1.82, 2.24) is 14.9 Å². The van der Waals surface area contributed by atoms with Crippen molar-refractivity contribution in [1.29, 1.82) is 0 Å². The number of amides is 1. The maximum absolute atomic E-state index is 12.9. The first-order valence-electron chi connectivity index (χ1n) is 9.84. The van der Waals surface area contributed by atoms with E-state index < -0.39 is 0 Å². The molecule has 1 aromatic heterocycles. The molecular formula is C21H29N5O2. The number of hydrogen-bond acceptors (Lipinski definition) is 6. The second kappa shape index (κ2) is 9.39. The van der Waals surface area contributed by atoms with Crippen LogP contribution in [0.2, 0.25) is 0 Å². The fourth-order valence-corrected chi connectivity index (χ4v) is 3.31. The Morgan fingerprint density at radius 3 is 2.50 bits per heavy atom. The predicted molar refractivity (Wildman–Crippen MR) is 111 cm³/mol. The first-order chi connectivity index (χ1) is 13.6. The Balaban J connectivity index is 1.60. The quantitative estimate of drug-likeness (QED) is 0.733. The molecule has 2 heterocycles. The minimum atomic E-state index is -0.0260. The highest BCUT2D eigenvalue weighted by molar-refractivity contribution is 5.93. The van der Waals surface area contributed by atoms with Gasteiger partial charge in [-0.25, -0.2) is 9.97 Å². The molecule has 1 fully saturated rings. The molecule has 7 nitrogen and oxygen atoms in total. The van der Waals surface area contributed by atoms with Crippen LogP contribution in [0, 0.1) is 0 Å². The maximum Gasteiger partial charge on any atom is 0.272 e. The van der Waals surface area contributed by atoms with Gasteiger partial charge in [0, 0.05) is 51.5 Å². The first kappa shape index (κ1) is 19.9. The minimum Gasteiger partial charge on any atom is -0.497 e. The van der Waals surface area contributed by atoms with Gasteiger partial charge in [0.1, 0.15) is 23.6 Å². The summed E-state index contributed by atoms with van der Waals surface area (Å²) in [6, 6.07) is 9.83. The summed E-state index contributed by atoms with van der Waals surface area (Å²) in [5.74, 6) is 1.62. The zero-order valence-electron chi connectivity index (χ0n) is 17.0. The third-order valence-corrected chi connectivity index (χ3v) is 5.11. The number of unbranched alkanes of at least 4 members (excludes halogenated alkanes) is 1. The van der Waals surface area contributed by atoms with E-state index in [1.54, 1.807) is 13.2 Å². The Bertz CT molecular complexity index is 773. The Hall–Kier alpha value is -2.83. The zero-order chi connectivity index (χ0) is 19.9. The summed E-state index contributed by atoms with van der Waals surface area (Å²) in [7, 11) is 3.67. The van der Waals surface area contributed by atoms with Crippen LogP contribution >= 0.6 is 0 Å². The standard InChI is InChI=1S/C21H29N5O2/c1-4-5-10-24(2)20-15-19(22-16-23-20)21(27)26-13-11-25(12-14-26)17-6-8-18(28-3)9-7-17/h6-9,15-16H,4-5,10-14H2,1-3H3. The lowest BCUT2D eigenvalue weighted by atomic mass is 10.2. The van der Waals surface area contributed by atoms with E-state index in [0.717, 1.165) is 49.7 Å². The molecule has 1 amide bonds. The van der Waals surface area contributed by atoms with Gasteiger partial charge in [0.05, 0.1) is 7.11 Å². The fraction of sp³-hybridized carbons (Fsp3) is 0.476. The monoisotopic (exact) mass is 383 g/mol. The fourth-order valence-electron chi connectivity index (χ4n) is 3.31. The molecule has 1 aliphatic rings. The number of nitrogens with zero attached hydrogens (tertiary/aromatic N) is 5. The van der Waals surface area contributed by atoms with E-state index in [1.165, 1.54) is 6.33 Å². The number of methoxy groups -OCH3 is 1. The second-order valence-electron chi connectivity index (χ2n) is 7.01. The third-order valence-electron chi connectivity index (χ3n) is 5.11. The molecule has 1 aliphatic heterocycles. The van der Waals surface area contributed by atoms with Crippen LogP contribution in [0.3, 0.4) is 0 Å². The molecule has 7 heteroatoms. The molecule has 0 unspecified atom stereocenters. The zero-order valence-corrected chi connectivity index (χ0v) is 17.0. The highest BCUT2D eigenvalue weighted by Crippen LogP contribution is 2.21. The van der Waals surface area contributed by atoms with E-state index in [-0.39, 0.29) is 5.91 Å². The highest BCUT2D eigenvalue weighted by atomic mass is 16.5. The molecule has 0 radical (unpaired) electrons. The summed E-state index contributed by atoms with van der Waals surface area (Å²) in [5, 5.41) is 0. The van der Waals surface area contributed by atoms with Crippen molar-refractivity contribution in [2.75, 3.05) is 56.7 Å². The lowest BCUT2D eigenvalue weighted by molar-refractivity contribution is 0.0740. The minimum absolute atomic E-state index is 0.0260. The molecule has 0 N–H and O–H groups in total. The van der Waals surface area contributed by atoms with E-state index in [4.69, 9.17) is 4.74 Å². The third kappa shape index (κ3) is 4.71. The van der Waals surface area contributed by atoms with Gasteiger partial charge in [-0.3, -0.25) is 4.79 Å². The van der Waals surface area contributed by atoms with E-state index >= 15 is 0 Å². The van der Waals surface area contributed by atoms with Gasteiger partial charge in [-0.2, -0.15) is 0 Å². The van der Waals surface area contributed by atoms with Gasteiger partial charge in [0.15, 0.2) is 0 Å². The van der Waals surface area contributed by atoms with Crippen molar-refractivity contribution in [3.8, 4) is 5.75 Å². The summed E-state index contributed by atoms with van der Waals surface area (Å²) in [4.78, 5) is 27.7. The van der Waals surface area contributed by atoms with Crippen molar-refractivity contribution in [2.45, 2.75) is 19.8 Å². The average Bonchev–Trinajstić information content (AvgIpc) is 2.77. The Morgan fingerprint density at radius 1 is 1.14 bits per heavy atom. The number of ether oxygens (including phenoxy) is 1. The molecule has 0 atom stereocenters. The summed E-state index contributed by atoms with van der Waals surface area (Å²) in [6.07, 6.45) is 3.70. The summed E-state index contributed by atoms with van der Waals surface area (Å²) >= 11 is 0. The van der Waals surface area contributed by atoms with Crippen LogP contribution in [0.1, 0.15) is 30.3 Å². The van der Waals surface area contributed by atoms with Crippen LogP contribution in [0.5, 0.6) is 5.75 Å². The van der Waals surface area contributed by atoms with E-state index in [2.05, 4.69) is 38.8 Å². The van der Waals surface area contributed by atoms with Crippen LogP contribution in [0.15, 0.2) is 36.7 Å². The van der Waals surface area contributed by atoms with Crippen molar-refractivity contribution in [2.24, 2.45) is 0 Å². The number of carbonyl (C=O) groups is 1.